The van der Waals surface area contributed by atoms with Crippen molar-refractivity contribution in [3.8, 4) is 0 Å². The molecule has 0 aliphatic rings. The van der Waals surface area contributed by atoms with Crippen molar-refractivity contribution in [2.24, 2.45) is 0 Å². The predicted molar refractivity (Wildman–Crippen MR) is 69.3 cm³/mol. The number of sulfonamides is 1. The minimum Gasteiger partial charge on any atom is -0.396 e. The van der Waals surface area contributed by atoms with E-state index in [-0.39, 0.29) is 12.3 Å². The number of nitrogens with zero attached hydrogens (tertiary/aromatic N) is 1. The Morgan fingerprint density at radius 3 is 2.76 bits per heavy atom. The number of nitrogens with two attached hydrogens (primary N) is 1. The van der Waals surface area contributed by atoms with Crippen LogP contribution in [0.1, 0.15) is 12.6 Å². The van der Waals surface area contributed by atoms with Gasteiger partial charge in [0, 0.05) is 18.8 Å². The Balaban J connectivity index is 2.54. The number of anilines is 2. The molecule has 0 saturated carbocycles. The first-order valence-electron chi connectivity index (χ1n) is 5.39. The van der Waals surface area contributed by atoms with Crippen LogP contribution in [0.5, 0.6) is 0 Å². The number of aromatic nitrogens is 1. The first-order valence-corrected chi connectivity index (χ1v) is 7.04. The lowest BCUT2D eigenvalue weighted by Crippen LogP contribution is -2.29. The van der Waals surface area contributed by atoms with Gasteiger partial charge in [0.15, 0.2) is 0 Å². The minimum absolute atomic E-state index is 0.00407. The largest absolute Gasteiger partial charge is 0.396 e. The van der Waals surface area contributed by atoms with Crippen molar-refractivity contribution in [2.75, 3.05) is 29.9 Å². The Bertz CT molecular complexity index is 473. The van der Waals surface area contributed by atoms with Crippen LogP contribution in [0.2, 0.25) is 0 Å². The van der Waals surface area contributed by atoms with Gasteiger partial charge in [0.2, 0.25) is 10.0 Å². The fraction of sp³-hybridized carbons (Fsp3) is 0.500. The van der Waals surface area contributed by atoms with E-state index in [4.69, 9.17) is 5.73 Å². The first-order chi connectivity index (χ1) is 7.94. The molecule has 0 amide bonds. The monoisotopic (exact) mass is 258 g/mol. The molecular weight excluding hydrogens is 240 g/mol. The van der Waals surface area contributed by atoms with Crippen molar-refractivity contribution in [1.82, 2.24) is 9.71 Å². The maximum Gasteiger partial charge on any atom is 0.213 e. The van der Waals surface area contributed by atoms with E-state index in [2.05, 4.69) is 15.0 Å². The van der Waals surface area contributed by atoms with Gasteiger partial charge in [-0.15, -0.1) is 0 Å². The van der Waals surface area contributed by atoms with Crippen LogP contribution in [0, 0.1) is 6.92 Å². The molecule has 0 fully saturated rings. The molecule has 0 aliphatic carbocycles. The molecule has 0 aromatic carbocycles. The zero-order chi connectivity index (χ0) is 12.9. The Hall–Kier alpha value is -1.34. The topological polar surface area (TPSA) is 97.1 Å². The Labute approximate surface area is 102 Å². The molecule has 0 saturated heterocycles. The van der Waals surface area contributed by atoms with E-state index in [9.17, 15) is 8.42 Å². The lowest BCUT2D eigenvalue weighted by Gasteiger charge is -2.09. The van der Waals surface area contributed by atoms with E-state index in [0.717, 1.165) is 5.69 Å². The van der Waals surface area contributed by atoms with E-state index in [1.165, 1.54) is 0 Å². The zero-order valence-electron chi connectivity index (χ0n) is 10.0. The predicted octanol–water partition coefficient (Wildman–Crippen LogP) is 0.323. The third-order valence-corrected chi connectivity index (χ3v) is 3.56. The molecule has 0 bridgehead atoms. The standard InChI is InChI=1S/C10H18N4O2S/c1-3-13-17(15,16)7-6-12-10-9(11)5-4-8(2)14-10/h4-5,13H,3,6-7,11H2,1-2H3,(H,12,14). The van der Waals surface area contributed by atoms with Gasteiger partial charge in [-0.2, -0.15) is 0 Å². The minimum atomic E-state index is -3.21. The van der Waals surface area contributed by atoms with Gasteiger partial charge in [0.1, 0.15) is 5.82 Å². The third kappa shape index (κ3) is 4.58. The van der Waals surface area contributed by atoms with Gasteiger partial charge in [0.25, 0.3) is 0 Å². The molecule has 0 radical (unpaired) electrons. The van der Waals surface area contributed by atoms with Gasteiger partial charge >= 0.3 is 0 Å². The van der Waals surface area contributed by atoms with Crippen LogP contribution < -0.4 is 15.8 Å². The molecule has 1 heterocycles. The Morgan fingerprint density at radius 2 is 2.12 bits per heavy atom. The highest BCUT2D eigenvalue weighted by Gasteiger charge is 2.08. The molecule has 96 valence electrons. The summed E-state index contributed by atoms with van der Waals surface area (Å²) in [6.07, 6.45) is 0. The van der Waals surface area contributed by atoms with E-state index in [0.29, 0.717) is 18.1 Å². The summed E-state index contributed by atoms with van der Waals surface area (Å²) in [5.74, 6) is 0.521. The van der Waals surface area contributed by atoms with Crippen molar-refractivity contribution >= 4 is 21.5 Å². The van der Waals surface area contributed by atoms with E-state index < -0.39 is 10.0 Å². The van der Waals surface area contributed by atoms with Gasteiger partial charge in [-0.3, -0.25) is 0 Å². The average Bonchev–Trinajstić information content (AvgIpc) is 2.23. The molecule has 0 atom stereocenters. The molecule has 7 heteroatoms. The maximum absolute atomic E-state index is 11.4. The van der Waals surface area contributed by atoms with Gasteiger partial charge in [-0.1, -0.05) is 6.92 Å². The molecule has 1 rings (SSSR count). The van der Waals surface area contributed by atoms with Crippen molar-refractivity contribution in [2.45, 2.75) is 13.8 Å². The van der Waals surface area contributed by atoms with Gasteiger partial charge in [0.05, 0.1) is 11.4 Å². The zero-order valence-corrected chi connectivity index (χ0v) is 10.8. The molecular formula is C10H18N4O2S. The van der Waals surface area contributed by atoms with Crippen molar-refractivity contribution in [3.05, 3.63) is 17.8 Å². The van der Waals surface area contributed by atoms with E-state index >= 15 is 0 Å². The quantitative estimate of drug-likeness (QED) is 0.683. The molecule has 1 aromatic rings. The van der Waals surface area contributed by atoms with Crippen molar-refractivity contribution < 1.29 is 8.42 Å². The SMILES string of the molecule is CCNS(=O)(=O)CCNc1nc(C)ccc1N. The number of nitrogen functional groups attached to an aromatic ring is 1. The van der Waals surface area contributed by atoms with E-state index in [1.54, 1.807) is 19.1 Å². The summed E-state index contributed by atoms with van der Waals surface area (Å²) >= 11 is 0. The third-order valence-electron chi connectivity index (χ3n) is 2.09. The fourth-order valence-corrected chi connectivity index (χ4v) is 2.26. The van der Waals surface area contributed by atoms with Crippen LogP contribution in [0.4, 0.5) is 11.5 Å². The number of pyridine rings is 1. The van der Waals surface area contributed by atoms with Crippen LogP contribution in [-0.2, 0) is 10.0 Å². The number of nitrogens with one attached hydrogen (secondary N) is 2. The lowest BCUT2D eigenvalue weighted by molar-refractivity contribution is 0.584. The van der Waals surface area contributed by atoms with Crippen LogP contribution >= 0.6 is 0 Å². The summed E-state index contributed by atoms with van der Waals surface area (Å²) < 4.78 is 25.2. The highest BCUT2D eigenvalue weighted by atomic mass is 32.2. The molecule has 4 N–H and O–H groups in total. The average molecular weight is 258 g/mol. The second kappa shape index (κ2) is 5.83. The van der Waals surface area contributed by atoms with Gasteiger partial charge in [-0.25, -0.2) is 18.1 Å². The van der Waals surface area contributed by atoms with Crippen molar-refractivity contribution in [3.63, 3.8) is 0 Å². The summed E-state index contributed by atoms with van der Waals surface area (Å²) in [6, 6.07) is 3.54. The summed E-state index contributed by atoms with van der Waals surface area (Å²) in [7, 11) is -3.21. The van der Waals surface area contributed by atoms with Crippen LogP contribution in [-0.4, -0.2) is 32.2 Å². The van der Waals surface area contributed by atoms with Crippen LogP contribution in [0.3, 0.4) is 0 Å². The normalized spacial score (nSPS) is 11.4. The molecule has 1 aromatic heterocycles. The van der Waals surface area contributed by atoms with Gasteiger partial charge < -0.3 is 11.1 Å². The molecule has 17 heavy (non-hydrogen) atoms. The summed E-state index contributed by atoms with van der Waals surface area (Å²) in [5, 5.41) is 2.91. The van der Waals surface area contributed by atoms with Crippen molar-refractivity contribution in [1.29, 1.82) is 0 Å². The molecule has 0 spiro atoms. The maximum atomic E-state index is 11.4. The second-order valence-electron chi connectivity index (χ2n) is 3.63. The first kappa shape index (κ1) is 13.7. The van der Waals surface area contributed by atoms with Crippen LogP contribution in [0.25, 0.3) is 0 Å². The van der Waals surface area contributed by atoms with Crippen LogP contribution in [0.15, 0.2) is 12.1 Å². The number of rotatable bonds is 6. The van der Waals surface area contributed by atoms with Gasteiger partial charge in [-0.05, 0) is 19.1 Å². The molecule has 0 aliphatic heterocycles. The number of aryl methyl sites for hydroxylation is 1. The fourth-order valence-electron chi connectivity index (χ4n) is 1.30. The smallest absolute Gasteiger partial charge is 0.213 e. The molecule has 6 nitrogen and oxygen atoms in total. The number of hydrogen-bond donors (Lipinski definition) is 3. The number of hydrogen-bond acceptors (Lipinski definition) is 5. The lowest BCUT2D eigenvalue weighted by atomic mass is 10.3. The highest BCUT2D eigenvalue weighted by Crippen LogP contribution is 2.14. The summed E-state index contributed by atoms with van der Waals surface area (Å²) in [5.41, 5.74) is 7.05. The Morgan fingerprint density at radius 1 is 1.41 bits per heavy atom. The Kier molecular flexibility index (Phi) is 4.71. The van der Waals surface area contributed by atoms with E-state index in [1.807, 2.05) is 6.92 Å². The second-order valence-corrected chi connectivity index (χ2v) is 5.56. The summed E-state index contributed by atoms with van der Waals surface area (Å²) in [6.45, 7) is 4.26. The summed E-state index contributed by atoms with van der Waals surface area (Å²) in [4.78, 5) is 4.19. The highest BCUT2D eigenvalue weighted by molar-refractivity contribution is 7.89. The molecule has 0 unspecified atom stereocenters.